The van der Waals surface area contributed by atoms with Gasteiger partial charge in [-0.05, 0) is 43.2 Å². The van der Waals surface area contributed by atoms with Gasteiger partial charge in [-0.3, -0.25) is 0 Å². The number of rotatable bonds is 6. The lowest BCUT2D eigenvalue weighted by atomic mass is 10.1. The number of allylic oxidation sites excluding steroid dienone is 14. The van der Waals surface area contributed by atoms with E-state index in [4.69, 9.17) is 0 Å². The van der Waals surface area contributed by atoms with E-state index in [0.29, 0.717) is 0 Å². The summed E-state index contributed by atoms with van der Waals surface area (Å²) in [6, 6.07) is 0. The molecule has 0 radical (unpaired) electrons. The van der Waals surface area contributed by atoms with Crippen molar-refractivity contribution in [2.75, 3.05) is 0 Å². The minimum atomic E-state index is 0.991. The van der Waals surface area contributed by atoms with Crippen molar-refractivity contribution in [2.45, 2.75) is 13.8 Å². The third kappa shape index (κ3) is 6.82. The summed E-state index contributed by atoms with van der Waals surface area (Å²) in [5.41, 5.74) is 2.10. The first-order chi connectivity index (χ1) is 10.2. The fourth-order valence-corrected chi connectivity index (χ4v) is 2.44. The molecule has 0 aliphatic carbocycles. The van der Waals surface area contributed by atoms with Crippen molar-refractivity contribution in [3.8, 4) is 0 Å². The highest BCUT2D eigenvalue weighted by Gasteiger charge is 2.07. The SMILES string of the molecule is C=C1C=C(C(=C)/C=C\C=C/C)C=C(/C=C/C=C\C=C/C)S1. The first kappa shape index (κ1) is 17.1. The summed E-state index contributed by atoms with van der Waals surface area (Å²) in [5, 5.41) is 0. The van der Waals surface area contributed by atoms with Gasteiger partial charge in [-0.2, -0.15) is 0 Å². The molecule has 0 aromatic heterocycles. The minimum absolute atomic E-state index is 0.991. The zero-order chi connectivity index (χ0) is 15.5. The highest BCUT2D eigenvalue weighted by atomic mass is 32.2. The molecule has 0 nitrogen and oxygen atoms in total. The molecule has 0 aromatic carbocycles. The Morgan fingerprint density at radius 3 is 2.33 bits per heavy atom. The van der Waals surface area contributed by atoms with Crippen molar-refractivity contribution in [2.24, 2.45) is 0 Å². The molecule has 0 N–H and O–H groups in total. The van der Waals surface area contributed by atoms with E-state index >= 15 is 0 Å². The predicted molar refractivity (Wildman–Crippen MR) is 99.1 cm³/mol. The van der Waals surface area contributed by atoms with Gasteiger partial charge >= 0.3 is 0 Å². The van der Waals surface area contributed by atoms with Crippen molar-refractivity contribution in [1.82, 2.24) is 0 Å². The van der Waals surface area contributed by atoms with Gasteiger partial charge in [0, 0.05) is 9.81 Å². The van der Waals surface area contributed by atoms with Gasteiger partial charge in [0.05, 0.1) is 0 Å². The second-order valence-corrected chi connectivity index (χ2v) is 5.59. The van der Waals surface area contributed by atoms with Crippen LogP contribution in [0.2, 0.25) is 0 Å². The maximum atomic E-state index is 4.11. The van der Waals surface area contributed by atoms with Gasteiger partial charge in [-0.1, -0.05) is 79.6 Å². The van der Waals surface area contributed by atoms with Crippen LogP contribution in [0.1, 0.15) is 13.8 Å². The number of hydrogen-bond acceptors (Lipinski definition) is 1. The molecule has 0 fully saturated rings. The summed E-state index contributed by atoms with van der Waals surface area (Å²) in [5.74, 6) is 0. The van der Waals surface area contributed by atoms with Crippen molar-refractivity contribution in [3.05, 3.63) is 107 Å². The lowest BCUT2D eigenvalue weighted by Crippen LogP contribution is -1.89. The van der Waals surface area contributed by atoms with Crippen LogP contribution in [0.15, 0.2) is 107 Å². The summed E-state index contributed by atoms with van der Waals surface area (Å²) in [6.45, 7) is 12.2. The molecule has 0 saturated heterocycles. The van der Waals surface area contributed by atoms with Crippen LogP contribution in [0, 0.1) is 0 Å². The molecular weight excluding hydrogens is 272 g/mol. The van der Waals surface area contributed by atoms with Crippen LogP contribution in [-0.4, -0.2) is 0 Å². The van der Waals surface area contributed by atoms with Crippen LogP contribution in [0.5, 0.6) is 0 Å². The second-order valence-electron chi connectivity index (χ2n) is 4.39. The molecular formula is C20H22S. The Hall–Kier alpha value is -1.99. The van der Waals surface area contributed by atoms with Crippen LogP contribution >= 0.6 is 11.8 Å². The van der Waals surface area contributed by atoms with E-state index in [1.807, 2.05) is 68.5 Å². The zero-order valence-corrected chi connectivity index (χ0v) is 13.6. The quantitative estimate of drug-likeness (QED) is 0.508. The fourth-order valence-electron chi connectivity index (χ4n) is 1.62. The van der Waals surface area contributed by atoms with Gasteiger partial charge in [0.15, 0.2) is 0 Å². The first-order valence-electron chi connectivity index (χ1n) is 6.92. The second kappa shape index (κ2) is 9.84. The Kier molecular flexibility index (Phi) is 8.00. The van der Waals surface area contributed by atoms with Gasteiger partial charge < -0.3 is 0 Å². The minimum Gasteiger partial charge on any atom is -0.0912 e. The molecule has 1 heterocycles. The molecule has 0 amide bonds. The third-order valence-corrected chi connectivity index (χ3v) is 3.49. The van der Waals surface area contributed by atoms with Gasteiger partial charge in [-0.25, -0.2) is 0 Å². The Morgan fingerprint density at radius 2 is 1.62 bits per heavy atom. The zero-order valence-electron chi connectivity index (χ0n) is 12.8. The van der Waals surface area contributed by atoms with Crippen LogP contribution < -0.4 is 0 Å². The van der Waals surface area contributed by atoms with Crippen molar-refractivity contribution < 1.29 is 0 Å². The van der Waals surface area contributed by atoms with Crippen LogP contribution in [0.25, 0.3) is 0 Å². The lowest BCUT2D eigenvalue weighted by Gasteiger charge is -2.12. The smallest absolute Gasteiger partial charge is 0.0128 e. The van der Waals surface area contributed by atoms with Gasteiger partial charge in [-0.15, -0.1) is 0 Å². The Labute approximate surface area is 133 Å². The fraction of sp³-hybridized carbons (Fsp3) is 0.100. The summed E-state index contributed by atoms with van der Waals surface area (Å²) >= 11 is 1.67. The van der Waals surface area contributed by atoms with Crippen molar-refractivity contribution in [3.63, 3.8) is 0 Å². The number of hydrogen-bond donors (Lipinski definition) is 0. The van der Waals surface area contributed by atoms with Gasteiger partial charge in [0.2, 0.25) is 0 Å². The van der Waals surface area contributed by atoms with E-state index in [0.717, 1.165) is 16.1 Å². The average molecular weight is 294 g/mol. The molecule has 0 atom stereocenters. The number of thioether (sulfide) groups is 1. The average Bonchev–Trinajstić information content (AvgIpc) is 2.46. The van der Waals surface area contributed by atoms with E-state index in [9.17, 15) is 0 Å². The first-order valence-corrected chi connectivity index (χ1v) is 7.74. The summed E-state index contributed by atoms with van der Waals surface area (Å²) < 4.78 is 0. The van der Waals surface area contributed by atoms with Crippen LogP contribution in [0.4, 0.5) is 0 Å². The Balaban J connectivity index is 2.81. The molecule has 1 aliphatic heterocycles. The van der Waals surface area contributed by atoms with Gasteiger partial charge in [0.25, 0.3) is 0 Å². The molecule has 0 bridgehead atoms. The van der Waals surface area contributed by atoms with Crippen molar-refractivity contribution >= 4 is 11.8 Å². The summed E-state index contributed by atoms with van der Waals surface area (Å²) in [6.07, 6.45) is 24.4. The predicted octanol–water partition coefficient (Wildman–Crippen LogP) is 6.43. The standard InChI is InChI=1S/C20H22S/c1-5-7-9-10-12-14-20-16-19(15-18(4)21-20)17(3)13-11-8-6-2/h5-16H,3-4H2,1-2H3/b7-5-,8-6-,10-9-,13-11-,14-12+. The summed E-state index contributed by atoms with van der Waals surface area (Å²) in [4.78, 5) is 2.20. The highest BCUT2D eigenvalue weighted by Crippen LogP contribution is 2.34. The van der Waals surface area contributed by atoms with Crippen LogP contribution in [0.3, 0.4) is 0 Å². The molecule has 0 aromatic rings. The largest absolute Gasteiger partial charge is 0.0912 e. The van der Waals surface area contributed by atoms with E-state index in [-0.39, 0.29) is 0 Å². The monoisotopic (exact) mass is 294 g/mol. The van der Waals surface area contributed by atoms with Crippen LogP contribution in [-0.2, 0) is 0 Å². The molecule has 0 unspecified atom stereocenters. The molecule has 21 heavy (non-hydrogen) atoms. The third-order valence-electron chi connectivity index (χ3n) is 2.62. The van der Waals surface area contributed by atoms with E-state index in [1.165, 1.54) is 4.91 Å². The maximum absolute atomic E-state index is 4.11. The molecule has 108 valence electrons. The topological polar surface area (TPSA) is 0 Å². The van der Waals surface area contributed by atoms with E-state index in [2.05, 4.69) is 31.4 Å². The molecule has 0 saturated carbocycles. The van der Waals surface area contributed by atoms with Crippen molar-refractivity contribution in [1.29, 1.82) is 0 Å². The van der Waals surface area contributed by atoms with E-state index in [1.54, 1.807) is 11.8 Å². The summed E-state index contributed by atoms with van der Waals surface area (Å²) in [7, 11) is 0. The Morgan fingerprint density at radius 1 is 0.952 bits per heavy atom. The molecule has 1 heteroatoms. The highest BCUT2D eigenvalue weighted by molar-refractivity contribution is 8.07. The Bertz CT molecular complexity index is 587. The molecule has 0 spiro atoms. The molecule has 1 rings (SSSR count). The lowest BCUT2D eigenvalue weighted by molar-refractivity contribution is 1.54. The normalized spacial score (nSPS) is 16.8. The van der Waals surface area contributed by atoms with E-state index < -0.39 is 0 Å². The van der Waals surface area contributed by atoms with Gasteiger partial charge in [0.1, 0.15) is 0 Å². The maximum Gasteiger partial charge on any atom is 0.0128 e. The molecule has 1 aliphatic rings.